The molecule has 0 aliphatic rings. The fourth-order valence-electron chi connectivity index (χ4n) is 1.60. The molecule has 92 valence electrons. The van der Waals surface area contributed by atoms with Gasteiger partial charge >= 0.3 is 0 Å². The topological polar surface area (TPSA) is 89.2 Å². The first kappa shape index (κ1) is 13.4. The van der Waals surface area contributed by atoms with Crippen molar-refractivity contribution in [2.45, 2.75) is 25.6 Å². The number of azide groups is 1. The van der Waals surface area contributed by atoms with Gasteiger partial charge in [-0.05, 0) is 30.5 Å². The molecule has 0 aliphatic carbocycles. The Morgan fingerprint density at radius 1 is 1.47 bits per heavy atom. The van der Waals surface area contributed by atoms with E-state index in [1.165, 1.54) is 12.1 Å². The van der Waals surface area contributed by atoms with Gasteiger partial charge in [0.25, 0.3) is 0 Å². The van der Waals surface area contributed by atoms with E-state index in [9.17, 15) is 14.6 Å². The third kappa shape index (κ3) is 3.42. The van der Waals surface area contributed by atoms with Gasteiger partial charge in [0.2, 0.25) is 0 Å². The fourth-order valence-corrected chi connectivity index (χ4v) is 1.60. The van der Waals surface area contributed by atoms with Gasteiger partial charge in [0.05, 0.1) is 6.10 Å². The first-order valence-corrected chi connectivity index (χ1v) is 5.20. The normalized spacial score (nSPS) is 13.9. The number of benzene rings is 1. The van der Waals surface area contributed by atoms with Gasteiger partial charge in [-0.3, -0.25) is 0 Å². The summed E-state index contributed by atoms with van der Waals surface area (Å²) in [7, 11) is 0. The van der Waals surface area contributed by atoms with E-state index in [2.05, 4.69) is 10.0 Å². The third-order valence-corrected chi connectivity index (χ3v) is 2.52. The van der Waals surface area contributed by atoms with E-state index in [4.69, 9.17) is 5.53 Å². The molecule has 1 aromatic carbocycles. The number of aliphatic hydroxyl groups excluding tert-OH is 2. The summed E-state index contributed by atoms with van der Waals surface area (Å²) in [4.78, 5) is 2.53. The Bertz CT molecular complexity index is 412. The van der Waals surface area contributed by atoms with Crippen LogP contribution in [0.5, 0.6) is 0 Å². The molecule has 0 amide bonds. The first-order chi connectivity index (χ1) is 8.07. The Morgan fingerprint density at radius 3 is 2.76 bits per heavy atom. The van der Waals surface area contributed by atoms with E-state index in [1.54, 1.807) is 13.0 Å². The smallest absolute Gasteiger partial charge is 0.129 e. The number of aryl methyl sites for hydroxylation is 1. The Labute approximate surface area is 98.1 Å². The van der Waals surface area contributed by atoms with E-state index in [1.807, 2.05) is 0 Å². The highest BCUT2D eigenvalue weighted by atomic mass is 19.1. The number of hydrogen-bond donors (Lipinski definition) is 2. The van der Waals surface area contributed by atoms with Crippen molar-refractivity contribution in [3.63, 3.8) is 0 Å². The number of aliphatic hydroxyl groups is 2. The summed E-state index contributed by atoms with van der Waals surface area (Å²) in [6.07, 6.45) is -2.39. The van der Waals surface area contributed by atoms with Crippen LogP contribution < -0.4 is 0 Å². The average Bonchev–Trinajstić information content (AvgIpc) is 2.28. The van der Waals surface area contributed by atoms with E-state index in [0.717, 1.165) is 0 Å². The van der Waals surface area contributed by atoms with Crippen molar-refractivity contribution in [1.82, 2.24) is 0 Å². The maximum atomic E-state index is 13.5. The monoisotopic (exact) mass is 239 g/mol. The van der Waals surface area contributed by atoms with Crippen LogP contribution in [0.1, 0.15) is 23.7 Å². The van der Waals surface area contributed by atoms with Crippen molar-refractivity contribution in [1.29, 1.82) is 0 Å². The number of rotatable bonds is 5. The lowest BCUT2D eigenvalue weighted by molar-refractivity contribution is 0.0126. The molecule has 2 atom stereocenters. The molecule has 0 aromatic heterocycles. The molecule has 0 heterocycles. The van der Waals surface area contributed by atoms with Crippen LogP contribution in [0.15, 0.2) is 23.3 Å². The molecule has 0 fully saturated rings. The van der Waals surface area contributed by atoms with Crippen LogP contribution in [-0.4, -0.2) is 22.9 Å². The fraction of sp³-hybridized carbons (Fsp3) is 0.455. The second kappa shape index (κ2) is 6.20. The summed E-state index contributed by atoms with van der Waals surface area (Å²) >= 11 is 0. The Morgan fingerprint density at radius 2 is 2.18 bits per heavy atom. The van der Waals surface area contributed by atoms with Crippen molar-refractivity contribution < 1.29 is 14.6 Å². The van der Waals surface area contributed by atoms with Gasteiger partial charge in [0.15, 0.2) is 0 Å². The minimum atomic E-state index is -1.31. The van der Waals surface area contributed by atoms with Crippen LogP contribution in [0.4, 0.5) is 4.39 Å². The molecule has 6 heteroatoms. The molecular formula is C11H14FN3O2. The van der Waals surface area contributed by atoms with Crippen LogP contribution in [0.3, 0.4) is 0 Å². The number of nitrogens with zero attached hydrogens (tertiary/aromatic N) is 3. The van der Waals surface area contributed by atoms with Crippen LogP contribution in [0, 0.1) is 12.7 Å². The van der Waals surface area contributed by atoms with Gasteiger partial charge in [0, 0.05) is 17.0 Å². The maximum Gasteiger partial charge on any atom is 0.129 e. The lowest BCUT2D eigenvalue weighted by Crippen LogP contribution is -2.21. The molecule has 0 radical (unpaired) electrons. The summed E-state index contributed by atoms with van der Waals surface area (Å²) in [5.74, 6) is -0.555. The average molecular weight is 239 g/mol. The minimum Gasteiger partial charge on any atom is -0.390 e. The zero-order chi connectivity index (χ0) is 12.8. The molecule has 0 spiro atoms. The molecule has 0 saturated carbocycles. The van der Waals surface area contributed by atoms with Crippen LogP contribution in [0.2, 0.25) is 0 Å². The van der Waals surface area contributed by atoms with Gasteiger partial charge in [-0.2, -0.15) is 0 Å². The second-order valence-electron chi connectivity index (χ2n) is 3.73. The Hall–Kier alpha value is -1.62. The van der Waals surface area contributed by atoms with Gasteiger partial charge in [-0.15, -0.1) is 0 Å². The highest BCUT2D eigenvalue weighted by molar-refractivity contribution is 5.30. The molecule has 0 saturated heterocycles. The first-order valence-electron chi connectivity index (χ1n) is 5.20. The molecule has 0 aliphatic heterocycles. The quantitative estimate of drug-likeness (QED) is 0.468. The van der Waals surface area contributed by atoms with Crippen molar-refractivity contribution in [2.24, 2.45) is 5.11 Å². The second-order valence-corrected chi connectivity index (χ2v) is 3.73. The molecule has 1 aromatic rings. The highest BCUT2D eigenvalue weighted by Crippen LogP contribution is 2.25. The van der Waals surface area contributed by atoms with Crippen LogP contribution >= 0.6 is 0 Å². The summed E-state index contributed by atoms with van der Waals surface area (Å²) in [6, 6.07) is 4.42. The summed E-state index contributed by atoms with van der Waals surface area (Å²) < 4.78 is 13.5. The largest absolute Gasteiger partial charge is 0.390 e. The zero-order valence-electron chi connectivity index (χ0n) is 9.41. The van der Waals surface area contributed by atoms with Gasteiger partial charge in [0.1, 0.15) is 11.9 Å². The van der Waals surface area contributed by atoms with Gasteiger partial charge < -0.3 is 10.2 Å². The third-order valence-electron chi connectivity index (χ3n) is 2.52. The number of halogens is 1. The zero-order valence-corrected chi connectivity index (χ0v) is 9.41. The van der Waals surface area contributed by atoms with Gasteiger partial charge in [-0.25, -0.2) is 4.39 Å². The summed E-state index contributed by atoms with van der Waals surface area (Å²) in [5.41, 5.74) is 8.73. The minimum absolute atomic E-state index is 0.0578. The standard InChI is InChI=1S/C11H14FN3O2/c1-7-3-2-4-8(12)10(7)11(17)9(16)5-6-14-15-13/h2-4,9,11,16-17H,5-6H2,1H3. The molecule has 2 N–H and O–H groups in total. The van der Waals surface area contributed by atoms with E-state index < -0.39 is 18.0 Å². The molecule has 17 heavy (non-hydrogen) atoms. The van der Waals surface area contributed by atoms with Crippen LogP contribution in [-0.2, 0) is 0 Å². The summed E-state index contributed by atoms with van der Waals surface area (Å²) in [5, 5.41) is 22.7. The summed E-state index contributed by atoms with van der Waals surface area (Å²) in [6.45, 7) is 1.71. The molecule has 0 bridgehead atoms. The lowest BCUT2D eigenvalue weighted by Gasteiger charge is -2.19. The lowest BCUT2D eigenvalue weighted by atomic mass is 9.97. The predicted molar refractivity (Wildman–Crippen MR) is 60.7 cm³/mol. The molecule has 1 rings (SSSR count). The maximum absolute atomic E-state index is 13.5. The molecule has 2 unspecified atom stereocenters. The molecular weight excluding hydrogens is 225 g/mol. The van der Waals surface area contributed by atoms with E-state index >= 15 is 0 Å². The number of hydrogen-bond acceptors (Lipinski definition) is 3. The van der Waals surface area contributed by atoms with Crippen molar-refractivity contribution in [3.05, 3.63) is 45.6 Å². The predicted octanol–water partition coefficient (Wildman–Crippen LogP) is 2.23. The van der Waals surface area contributed by atoms with Crippen molar-refractivity contribution in [3.8, 4) is 0 Å². The van der Waals surface area contributed by atoms with Crippen LogP contribution in [0.25, 0.3) is 10.4 Å². The van der Waals surface area contributed by atoms with Gasteiger partial charge in [-0.1, -0.05) is 17.2 Å². The van der Waals surface area contributed by atoms with E-state index in [0.29, 0.717) is 5.56 Å². The Kier molecular flexibility index (Phi) is 4.90. The molecule has 5 nitrogen and oxygen atoms in total. The van der Waals surface area contributed by atoms with Crippen molar-refractivity contribution in [2.75, 3.05) is 6.54 Å². The Balaban J connectivity index is 2.81. The van der Waals surface area contributed by atoms with E-state index in [-0.39, 0.29) is 18.5 Å². The highest BCUT2D eigenvalue weighted by Gasteiger charge is 2.22. The van der Waals surface area contributed by atoms with Crippen molar-refractivity contribution >= 4 is 0 Å². The SMILES string of the molecule is Cc1cccc(F)c1C(O)C(O)CCN=[N+]=[N-].